The first-order valence-corrected chi connectivity index (χ1v) is 12.7. The minimum absolute atomic E-state index is 0.150. The molecule has 0 bridgehead atoms. The average Bonchev–Trinajstić information content (AvgIpc) is 3.05. The van der Waals surface area contributed by atoms with E-state index in [2.05, 4.69) is 35.4 Å². The van der Waals surface area contributed by atoms with Gasteiger partial charge >= 0.3 is 0 Å². The third-order valence-corrected chi connectivity index (χ3v) is 7.74. The lowest BCUT2D eigenvalue weighted by atomic mass is 9.96. The van der Waals surface area contributed by atoms with E-state index in [1.807, 2.05) is 0 Å². The number of hydrogen-bond donors (Lipinski definition) is 2. The second-order valence-electron chi connectivity index (χ2n) is 9.58. The molecule has 0 aliphatic carbocycles. The minimum atomic E-state index is -4.20. The summed E-state index contributed by atoms with van der Waals surface area (Å²) in [5, 5.41) is 0. The van der Waals surface area contributed by atoms with Crippen LogP contribution in [0.15, 0.2) is 35.4 Å². The van der Waals surface area contributed by atoms with E-state index in [4.69, 9.17) is 15.5 Å². The maximum absolute atomic E-state index is 13.3. The molecule has 0 radical (unpaired) electrons. The number of carbonyl (C=O) groups excluding carboxylic acids is 1. The quantitative estimate of drug-likeness (QED) is 0.678. The maximum Gasteiger partial charge on any atom is 0.268 e. The zero-order chi connectivity index (χ0) is 23.8. The van der Waals surface area contributed by atoms with Gasteiger partial charge in [-0.2, -0.15) is 0 Å². The second kappa shape index (κ2) is 8.90. The van der Waals surface area contributed by atoms with E-state index >= 15 is 0 Å². The molecule has 2 aliphatic heterocycles. The first-order valence-electron chi connectivity index (χ1n) is 11.2. The van der Waals surface area contributed by atoms with Gasteiger partial charge in [0.2, 0.25) is 0 Å². The Kier molecular flexibility index (Phi) is 6.32. The van der Waals surface area contributed by atoms with Crippen molar-refractivity contribution in [1.82, 2.24) is 14.7 Å². The fourth-order valence-corrected chi connectivity index (χ4v) is 5.92. The predicted molar refractivity (Wildman–Crippen MR) is 126 cm³/mol. The molecule has 2 aromatic heterocycles. The van der Waals surface area contributed by atoms with Gasteiger partial charge in [-0.25, -0.2) is 23.1 Å². The topological polar surface area (TPSA) is 128 Å². The molecule has 4 heterocycles. The van der Waals surface area contributed by atoms with Gasteiger partial charge in [0.25, 0.3) is 15.9 Å². The first kappa shape index (κ1) is 23.4. The molecule has 2 fully saturated rings. The molecular weight excluding hydrogens is 442 g/mol. The number of sulfonamides is 1. The SMILES string of the molecule is C[C@@H]1CN(c2nc(C3CCCOC3)ccc2C(=O)NS(=O)(=O)c2cccnc2N)C(C)(C)C1. The lowest BCUT2D eigenvalue weighted by molar-refractivity contribution is 0.0793. The van der Waals surface area contributed by atoms with E-state index in [0.29, 0.717) is 18.3 Å². The van der Waals surface area contributed by atoms with Crippen molar-refractivity contribution in [1.29, 1.82) is 0 Å². The molecule has 2 saturated heterocycles. The summed E-state index contributed by atoms with van der Waals surface area (Å²) >= 11 is 0. The minimum Gasteiger partial charge on any atom is -0.383 e. The van der Waals surface area contributed by atoms with E-state index in [-0.39, 0.29) is 27.7 Å². The number of nitrogens with one attached hydrogen (secondary N) is 1. The second-order valence-corrected chi connectivity index (χ2v) is 11.2. The van der Waals surface area contributed by atoms with Crippen molar-refractivity contribution < 1.29 is 17.9 Å². The van der Waals surface area contributed by atoms with E-state index in [0.717, 1.165) is 38.1 Å². The molecule has 2 atom stereocenters. The molecule has 10 heteroatoms. The molecule has 0 aromatic carbocycles. The highest BCUT2D eigenvalue weighted by molar-refractivity contribution is 7.90. The predicted octanol–water partition coefficient (Wildman–Crippen LogP) is 2.70. The molecule has 9 nitrogen and oxygen atoms in total. The molecule has 2 aliphatic rings. The molecule has 33 heavy (non-hydrogen) atoms. The van der Waals surface area contributed by atoms with Crippen LogP contribution < -0.4 is 15.4 Å². The summed E-state index contributed by atoms with van der Waals surface area (Å²) in [6, 6.07) is 6.24. The Morgan fingerprint density at radius 3 is 2.73 bits per heavy atom. The summed E-state index contributed by atoms with van der Waals surface area (Å²) in [5.74, 6) is 0.148. The van der Waals surface area contributed by atoms with Crippen LogP contribution in [0.4, 0.5) is 11.6 Å². The smallest absolute Gasteiger partial charge is 0.268 e. The van der Waals surface area contributed by atoms with Crippen LogP contribution in [0.3, 0.4) is 0 Å². The number of carbonyl (C=O) groups is 1. The number of ether oxygens (including phenoxy) is 1. The van der Waals surface area contributed by atoms with E-state index in [1.54, 1.807) is 12.1 Å². The van der Waals surface area contributed by atoms with E-state index in [9.17, 15) is 13.2 Å². The van der Waals surface area contributed by atoms with Gasteiger partial charge in [-0.1, -0.05) is 6.92 Å². The summed E-state index contributed by atoms with van der Waals surface area (Å²) in [7, 11) is -4.20. The molecule has 3 N–H and O–H groups in total. The lowest BCUT2D eigenvalue weighted by Gasteiger charge is -2.34. The van der Waals surface area contributed by atoms with Crippen LogP contribution in [0.25, 0.3) is 0 Å². The summed E-state index contributed by atoms with van der Waals surface area (Å²) in [5.41, 5.74) is 6.57. The fourth-order valence-electron chi connectivity index (χ4n) is 4.87. The Labute approximate surface area is 194 Å². The van der Waals surface area contributed by atoms with Crippen LogP contribution in [0, 0.1) is 5.92 Å². The summed E-state index contributed by atoms with van der Waals surface area (Å²) < 4.78 is 33.5. The molecule has 178 valence electrons. The zero-order valence-electron chi connectivity index (χ0n) is 19.2. The van der Waals surface area contributed by atoms with Crippen molar-refractivity contribution in [3.05, 3.63) is 41.7 Å². The average molecular weight is 474 g/mol. The molecule has 0 saturated carbocycles. The van der Waals surface area contributed by atoms with Gasteiger partial charge in [0.15, 0.2) is 0 Å². The van der Waals surface area contributed by atoms with Crippen LogP contribution in [-0.2, 0) is 14.8 Å². The number of amides is 1. The Morgan fingerprint density at radius 1 is 1.30 bits per heavy atom. The Balaban J connectivity index is 1.72. The van der Waals surface area contributed by atoms with Crippen molar-refractivity contribution in [3.63, 3.8) is 0 Å². The summed E-state index contributed by atoms with van der Waals surface area (Å²) in [6.45, 7) is 8.46. The molecule has 4 rings (SSSR count). The molecule has 2 aromatic rings. The van der Waals surface area contributed by atoms with Gasteiger partial charge in [-0.3, -0.25) is 4.79 Å². The van der Waals surface area contributed by atoms with Crippen LogP contribution >= 0.6 is 0 Å². The van der Waals surface area contributed by atoms with Gasteiger partial charge in [0.05, 0.1) is 12.2 Å². The van der Waals surface area contributed by atoms with Crippen molar-refractivity contribution in [2.45, 2.75) is 56.4 Å². The number of nitrogens with two attached hydrogens (primary N) is 1. The highest BCUT2D eigenvalue weighted by atomic mass is 32.2. The third kappa shape index (κ3) is 4.81. The van der Waals surface area contributed by atoms with Gasteiger partial charge in [-0.15, -0.1) is 0 Å². The molecule has 1 amide bonds. The number of nitrogen functional groups attached to an aromatic ring is 1. The van der Waals surface area contributed by atoms with E-state index in [1.165, 1.54) is 18.3 Å². The van der Waals surface area contributed by atoms with Crippen molar-refractivity contribution in [3.8, 4) is 0 Å². The van der Waals surface area contributed by atoms with Crippen molar-refractivity contribution in [2.24, 2.45) is 5.92 Å². The molecule has 1 unspecified atom stereocenters. The van der Waals surface area contributed by atoms with Crippen molar-refractivity contribution in [2.75, 3.05) is 30.4 Å². The lowest BCUT2D eigenvalue weighted by Crippen LogP contribution is -2.41. The summed E-state index contributed by atoms with van der Waals surface area (Å²) in [4.78, 5) is 23.9. The monoisotopic (exact) mass is 473 g/mol. The normalized spacial score (nSPS) is 22.8. The highest BCUT2D eigenvalue weighted by Crippen LogP contribution is 2.38. The van der Waals surface area contributed by atoms with Crippen LogP contribution in [-0.4, -0.2) is 49.6 Å². The highest BCUT2D eigenvalue weighted by Gasteiger charge is 2.39. The number of rotatable bonds is 5. The number of aromatic nitrogens is 2. The number of pyridine rings is 2. The Hall–Kier alpha value is -2.72. The van der Waals surface area contributed by atoms with Gasteiger partial charge in [-0.05, 0) is 63.3 Å². The van der Waals surface area contributed by atoms with Gasteiger partial charge < -0.3 is 15.4 Å². The number of nitrogens with zero attached hydrogens (tertiary/aromatic N) is 3. The zero-order valence-corrected chi connectivity index (χ0v) is 20.1. The van der Waals surface area contributed by atoms with Crippen molar-refractivity contribution >= 4 is 27.6 Å². The number of anilines is 2. The fraction of sp³-hybridized carbons (Fsp3) is 0.522. The standard InChI is InChI=1S/C23H31N5O4S/c1-15-12-23(2,3)28(13-15)21-17(8-9-18(26-21)16-6-5-11-32-14-16)22(29)27-33(30,31)19-7-4-10-25-20(19)24/h4,7-10,15-16H,5-6,11-14H2,1-3H3,(H2,24,25)(H,27,29)/t15-,16?/m0/s1. The number of hydrogen-bond acceptors (Lipinski definition) is 8. The molecule has 0 spiro atoms. The van der Waals surface area contributed by atoms with Crippen LogP contribution in [0.2, 0.25) is 0 Å². The summed E-state index contributed by atoms with van der Waals surface area (Å²) in [6.07, 6.45) is 4.26. The van der Waals surface area contributed by atoms with Gasteiger partial charge in [0.1, 0.15) is 16.5 Å². The Morgan fingerprint density at radius 2 is 2.09 bits per heavy atom. The van der Waals surface area contributed by atoms with Crippen LogP contribution in [0.1, 0.15) is 62.0 Å². The van der Waals surface area contributed by atoms with Gasteiger partial charge in [0, 0.05) is 36.5 Å². The maximum atomic E-state index is 13.3. The molecular formula is C23H31N5O4S. The Bertz CT molecular complexity index is 1150. The van der Waals surface area contributed by atoms with Crippen LogP contribution in [0.5, 0.6) is 0 Å². The first-order chi connectivity index (χ1) is 15.6. The van der Waals surface area contributed by atoms with E-state index < -0.39 is 15.9 Å². The largest absolute Gasteiger partial charge is 0.383 e. The third-order valence-electron chi connectivity index (χ3n) is 6.36.